The van der Waals surface area contributed by atoms with Gasteiger partial charge in [0.2, 0.25) is 0 Å². The van der Waals surface area contributed by atoms with Crippen molar-refractivity contribution in [1.82, 2.24) is 10.3 Å². The van der Waals surface area contributed by atoms with Crippen molar-refractivity contribution in [3.8, 4) is 12.3 Å². The molecule has 0 aliphatic heterocycles. The summed E-state index contributed by atoms with van der Waals surface area (Å²) < 4.78 is 0. The number of nitrogens with one attached hydrogen (secondary N) is 1. The van der Waals surface area contributed by atoms with Gasteiger partial charge in [0.05, 0.1) is 5.69 Å². The first-order valence-electron chi connectivity index (χ1n) is 5.60. The Labute approximate surface area is 102 Å². The zero-order valence-electron chi connectivity index (χ0n) is 9.94. The van der Waals surface area contributed by atoms with Crippen LogP contribution in [0, 0.1) is 12.3 Å². The summed E-state index contributed by atoms with van der Waals surface area (Å²) in [6.45, 7) is 2.31. The molecule has 90 valence electrons. The monoisotopic (exact) mass is 231 g/mol. The van der Waals surface area contributed by atoms with Crippen LogP contribution in [0.5, 0.6) is 0 Å². The molecule has 0 aliphatic rings. The second-order valence-electron chi connectivity index (χ2n) is 3.73. The molecule has 17 heavy (non-hydrogen) atoms. The van der Waals surface area contributed by atoms with Crippen molar-refractivity contribution in [2.24, 2.45) is 5.73 Å². The lowest BCUT2D eigenvalue weighted by molar-refractivity contribution is 0.0936. The minimum Gasteiger partial charge on any atom is -0.348 e. The standard InChI is InChI=1S/C13H17N3O/c1-3-5-11(4-2)16-13(17)10-6-7-15-12(8-10)9-14/h1,6-8,11H,4-5,9,14H2,2H3,(H,16,17). The van der Waals surface area contributed by atoms with Crippen molar-refractivity contribution in [1.29, 1.82) is 0 Å². The molecular weight excluding hydrogens is 214 g/mol. The van der Waals surface area contributed by atoms with Crippen LogP contribution in [-0.4, -0.2) is 16.9 Å². The van der Waals surface area contributed by atoms with E-state index in [1.807, 2.05) is 6.92 Å². The number of hydrogen-bond acceptors (Lipinski definition) is 3. The molecule has 0 bridgehead atoms. The average Bonchev–Trinajstić information content (AvgIpc) is 2.38. The van der Waals surface area contributed by atoms with E-state index >= 15 is 0 Å². The first kappa shape index (κ1) is 13.2. The van der Waals surface area contributed by atoms with Gasteiger partial charge in [0, 0.05) is 30.8 Å². The second-order valence-corrected chi connectivity index (χ2v) is 3.73. The van der Waals surface area contributed by atoms with E-state index in [2.05, 4.69) is 16.2 Å². The van der Waals surface area contributed by atoms with Crippen LogP contribution in [0.15, 0.2) is 18.3 Å². The lowest BCUT2D eigenvalue weighted by Crippen LogP contribution is -2.34. The minimum absolute atomic E-state index is 0.0157. The molecule has 3 N–H and O–H groups in total. The Bertz CT molecular complexity index is 423. The highest BCUT2D eigenvalue weighted by atomic mass is 16.1. The number of nitrogens with two attached hydrogens (primary N) is 1. The molecule has 0 spiro atoms. The fraction of sp³-hybridized carbons (Fsp3) is 0.385. The maximum absolute atomic E-state index is 11.9. The van der Waals surface area contributed by atoms with E-state index in [-0.39, 0.29) is 11.9 Å². The number of carbonyl (C=O) groups excluding carboxylic acids is 1. The maximum Gasteiger partial charge on any atom is 0.251 e. The molecule has 1 rings (SSSR count). The van der Waals surface area contributed by atoms with Crippen molar-refractivity contribution < 1.29 is 4.79 Å². The van der Waals surface area contributed by atoms with E-state index < -0.39 is 0 Å². The minimum atomic E-state index is -0.135. The van der Waals surface area contributed by atoms with Gasteiger partial charge in [0.15, 0.2) is 0 Å². The number of nitrogens with zero attached hydrogens (tertiary/aromatic N) is 1. The molecule has 4 nitrogen and oxygen atoms in total. The van der Waals surface area contributed by atoms with Crippen molar-refractivity contribution in [3.05, 3.63) is 29.6 Å². The highest BCUT2D eigenvalue weighted by Crippen LogP contribution is 2.04. The quantitative estimate of drug-likeness (QED) is 0.745. The molecule has 4 heteroatoms. The first-order chi connectivity index (χ1) is 8.21. The smallest absolute Gasteiger partial charge is 0.251 e. The zero-order valence-corrected chi connectivity index (χ0v) is 9.94. The summed E-state index contributed by atoms with van der Waals surface area (Å²) >= 11 is 0. The molecule has 0 aliphatic carbocycles. The van der Waals surface area contributed by atoms with Crippen LogP contribution in [0.2, 0.25) is 0 Å². The summed E-state index contributed by atoms with van der Waals surface area (Å²) in [5, 5.41) is 2.89. The van der Waals surface area contributed by atoms with Crippen molar-refractivity contribution >= 4 is 5.91 Å². The van der Waals surface area contributed by atoms with Gasteiger partial charge in [-0.05, 0) is 18.6 Å². The van der Waals surface area contributed by atoms with Crippen molar-refractivity contribution in [2.75, 3.05) is 0 Å². The van der Waals surface area contributed by atoms with Crippen LogP contribution in [0.3, 0.4) is 0 Å². The number of hydrogen-bond donors (Lipinski definition) is 2. The summed E-state index contributed by atoms with van der Waals surface area (Å²) in [6, 6.07) is 3.37. The lowest BCUT2D eigenvalue weighted by Gasteiger charge is -2.14. The molecule has 1 unspecified atom stereocenters. The summed E-state index contributed by atoms with van der Waals surface area (Å²) in [4.78, 5) is 15.9. The molecule has 0 saturated heterocycles. The number of terminal acetylenes is 1. The summed E-state index contributed by atoms with van der Waals surface area (Å²) in [7, 11) is 0. The topological polar surface area (TPSA) is 68.0 Å². The molecule has 0 saturated carbocycles. The van der Waals surface area contributed by atoms with Gasteiger partial charge in [-0.1, -0.05) is 6.92 Å². The summed E-state index contributed by atoms with van der Waals surface area (Å²) in [6.07, 6.45) is 8.17. The third-order valence-corrected chi connectivity index (χ3v) is 2.48. The number of carbonyl (C=O) groups is 1. The van der Waals surface area contributed by atoms with Crippen LogP contribution in [0.4, 0.5) is 0 Å². The summed E-state index contributed by atoms with van der Waals surface area (Å²) in [5.74, 6) is 2.42. The van der Waals surface area contributed by atoms with Crippen LogP contribution >= 0.6 is 0 Å². The predicted molar refractivity (Wildman–Crippen MR) is 67.1 cm³/mol. The lowest BCUT2D eigenvalue weighted by atomic mass is 10.1. The molecular formula is C13H17N3O. The Morgan fingerprint density at radius 1 is 1.71 bits per heavy atom. The van der Waals surface area contributed by atoms with E-state index in [1.54, 1.807) is 18.3 Å². The largest absolute Gasteiger partial charge is 0.348 e. The van der Waals surface area contributed by atoms with Gasteiger partial charge < -0.3 is 11.1 Å². The molecule has 1 aromatic rings. The molecule has 0 fully saturated rings. The highest BCUT2D eigenvalue weighted by molar-refractivity contribution is 5.94. The van der Waals surface area contributed by atoms with E-state index in [0.29, 0.717) is 24.2 Å². The molecule has 1 heterocycles. The normalized spacial score (nSPS) is 11.6. The zero-order chi connectivity index (χ0) is 12.7. The third kappa shape index (κ3) is 3.89. The Morgan fingerprint density at radius 2 is 2.47 bits per heavy atom. The summed E-state index contributed by atoms with van der Waals surface area (Å²) in [5.41, 5.74) is 6.74. The van der Waals surface area contributed by atoms with Gasteiger partial charge in [-0.3, -0.25) is 9.78 Å². The Balaban J connectivity index is 2.72. The molecule has 1 amide bonds. The predicted octanol–water partition coefficient (Wildman–Crippen LogP) is 1.07. The van der Waals surface area contributed by atoms with Gasteiger partial charge in [0.1, 0.15) is 0 Å². The van der Waals surface area contributed by atoms with Gasteiger partial charge >= 0.3 is 0 Å². The molecule has 1 atom stereocenters. The maximum atomic E-state index is 11.9. The number of rotatable bonds is 5. The van der Waals surface area contributed by atoms with E-state index in [1.165, 1.54) is 0 Å². The van der Waals surface area contributed by atoms with Crippen LogP contribution in [-0.2, 0) is 6.54 Å². The molecule has 1 aromatic heterocycles. The number of amides is 1. The molecule has 0 aromatic carbocycles. The van der Waals surface area contributed by atoms with Crippen LogP contribution in [0.1, 0.15) is 35.8 Å². The van der Waals surface area contributed by atoms with E-state index in [4.69, 9.17) is 12.2 Å². The van der Waals surface area contributed by atoms with Crippen molar-refractivity contribution in [3.63, 3.8) is 0 Å². The van der Waals surface area contributed by atoms with E-state index in [9.17, 15) is 4.79 Å². The van der Waals surface area contributed by atoms with Gasteiger partial charge in [-0.25, -0.2) is 0 Å². The Kier molecular flexibility index (Phi) is 5.18. The van der Waals surface area contributed by atoms with E-state index in [0.717, 1.165) is 6.42 Å². The number of aromatic nitrogens is 1. The van der Waals surface area contributed by atoms with Gasteiger partial charge in [-0.2, -0.15) is 0 Å². The molecule has 0 radical (unpaired) electrons. The fourth-order valence-corrected chi connectivity index (χ4v) is 1.44. The van der Waals surface area contributed by atoms with Gasteiger partial charge in [0.25, 0.3) is 5.91 Å². The average molecular weight is 231 g/mol. The Morgan fingerprint density at radius 3 is 3.06 bits per heavy atom. The highest BCUT2D eigenvalue weighted by Gasteiger charge is 2.11. The van der Waals surface area contributed by atoms with Crippen molar-refractivity contribution in [2.45, 2.75) is 32.4 Å². The third-order valence-electron chi connectivity index (χ3n) is 2.48. The van der Waals surface area contributed by atoms with Crippen LogP contribution in [0.25, 0.3) is 0 Å². The van der Waals surface area contributed by atoms with Crippen LogP contribution < -0.4 is 11.1 Å². The SMILES string of the molecule is C#CCC(CC)NC(=O)c1ccnc(CN)c1. The Hall–Kier alpha value is -1.86. The number of pyridine rings is 1. The first-order valence-corrected chi connectivity index (χ1v) is 5.60. The second kappa shape index (κ2) is 6.66. The fourth-order valence-electron chi connectivity index (χ4n) is 1.44. The van der Waals surface area contributed by atoms with Gasteiger partial charge in [-0.15, -0.1) is 12.3 Å².